The van der Waals surface area contributed by atoms with Crippen molar-refractivity contribution in [2.75, 3.05) is 6.54 Å². The Morgan fingerprint density at radius 1 is 1.04 bits per heavy atom. The first-order chi connectivity index (χ1) is 10.7. The van der Waals surface area contributed by atoms with Crippen molar-refractivity contribution in [1.82, 2.24) is 4.72 Å². The van der Waals surface area contributed by atoms with Gasteiger partial charge in [-0.15, -0.1) is 0 Å². The van der Waals surface area contributed by atoms with E-state index in [0.29, 0.717) is 12.5 Å². The Balaban J connectivity index is 2.09. The second kappa shape index (κ2) is 6.72. The molecule has 0 bridgehead atoms. The predicted molar refractivity (Wildman–Crippen MR) is 81.5 cm³/mol. The second-order valence-electron chi connectivity index (χ2n) is 5.10. The van der Waals surface area contributed by atoms with Crippen molar-refractivity contribution in [2.45, 2.75) is 24.4 Å². The van der Waals surface area contributed by atoms with Crippen molar-refractivity contribution in [2.24, 2.45) is 0 Å². The largest absolute Gasteiger partial charge is 0.416 e. The van der Waals surface area contributed by atoms with E-state index in [1.54, 1.807) is 0 Å². The molecule has 0 atom stereocenters. The summed E-state index contributed by atoms with van der Waals surface area (Å²) in [4.78, 5) is -0.392. The van der Waals surface area contributed by atoms with Gasteiger partial charge in [0, 0.05) is 6.54 Å². The molecular formula is C16H16F3NO2S. The van der Waals surface area contributed by atoms with Crippen molar-refractivity contribution in [1.29, 1.82) is 0 Å². The standard InChI is InChI=1S/C16H16F3NO2S/c1-12-5-2-3-6-13(12)9-10-20-23(21,22)15-8-4-7-14(11-15)16(17,18)19/h2-8,11,20H,9-10H2,1H3. The number of alkyl halides is 3. The smallest absolute Gasteiger partial charge is 0.211 e. The second-order valence-corrected chi connectivity index (χ2v) is 6.87. The Bertz CT molecular complexity index is 786. The van der Waals surface area contributed by atoms with E-state index in [9.17, 15) is 21.6 Å². The van der Waals surface area contributed by atoms with Crippen LogP contribution in [0.1, 0.15) is 16.7 Å². The fraction of sp³-hybridized carbons (Fsp3) is 0.250. The first-order valence-electron chi connectivity index (χ1n) is 6.91. The maximum Gasteiger partial charge on any atom is 0.416 e. The molecule has 0 spiro atoms. The van der Waals surface area contributed by atoms with Crippen LogP contribution in [0.2, 0.25) is 0 Å². The number of aryl methyl sites for hydroxylation is 1. The Morgan fingerprint density at radius 3 is 2.39 bits per heavy atom. The molecular weight excluding hydrogens is 327 g/mol. The third-order valence-electron chi connectivity index (χ3n) is 3.42. The van der Waals surface area contributed by atoms with E-state index in [2.05, 4.69) is 4.72 Å². The highest BCUT2D eigenvalue weighted by atomic mass is 32.2. The van der Waals surface area contributed by atoms with Gasteiger partial charge in [0.1, 0.15) is 0 Å². The SMILES string of the molecule is Cc1ccccc1CCNS(=O)(=O)c1cccc(C(F)(F)F)c1. The topological polar surface area (TPSA) is 46.2 Å². The molecule has 0 saturated carbocycles. The molecule has 0 radical (unpaired) electrons. The molecule has 0 unspecified atom stereocenters. The molecule has 0 aliphatic heterocycles. The molecule has 7 heteroatoms. The lowest BCUT2D eigenvalue weighted by Crippen LogP contribution is -2.26. The van der Waals surface area contributed by atoms with Crippen LogP contribution < -0.4 is 4.72 Å². The number of hydrogen-bond donors (Lipinski definition) is 1. The van der Waals surface area contributed by atoms with Crippen molar-refractivity contribution >= 4 is 10.0 Å². The van der Waals surface area contributed by atoms with Gasteiger partial charge < -0.3 is 0 Å². The summed E-state index contributed by atoms with van der Waals surface area (Å²) < 4.78 is 64.5. The van der Waals surface area contributed by atoms with Gasteiger partial charge in [-0.3, -0.25) is 0 Å². The summed E-state index contributed by atoms with van der Waals surface area (Å²) in [5, 5.41) is 0. The average Bonchev–Trinajstić information content (AvgIpc) is 2.48. The van der Waals surface area contributed by atoms with Crippen molar-refractivity contribution in [3.63, 3.8) is 0 Å². The molecule has 0 saturated heterocycles. The van der Waals surface area contributed by atoms with Gasteiger partial charge in [0.25, 0.3) is 0 Å². The summed E-state index contributed by atoms with van der Waals surface area (Å²) in [5.74, 6) is 0. The zero-order valence-corrected chi connectivity index (χ0v) is 13.2. The summed E-state index contributed by atoms with van der Waals surface area (Å²) >= 11 is 0. The molecule has 0 fully saturated rings. The summed E-state index contributed by atoms with van der Waals surface area (Å²) in [6.07, 6.45) is -4.11. The summed E-state index contributed by atoms with van der Waals surface area (Å²) in [7, 11) is -3.98. The minimum Gasteiger partial charge on any atom is -0.211 e. The maximum atomic E-state index is 12.7. The molecule has 1 N–H and O–H groups in total. The van der Waals surface area contributed by atoms with Crippen molar-refractivity contribution in [3.05, 3.63) is 65.2 Å². The van der Waals surface area contributed by atoms with E-state index in [-0.39, 0.29) is 6.54 Å². The lowest BCUT2D eigenvalue weighted by Gasteiger charge is -2.11. The van der Waals surface area contributed by atoms with Crippen LogP contribution in [0.3, 0.4) is 0 Å². The number of benzene rings is 2. The van der Waals surface area contributed by atoms with E-state index in [4.69, 9.17) is 0 Å². The van der Waals surface area contributed by atoms with Gasteiger partial charge in [0.15, 0.2) is 0 Å². The lowest BCUT2D eigenvalue weighted by molar-refractivity contribution is -0.137. The number of hydrogen-bond acceptors (Lipinski definition) is 2. The highest BCUT2D eigenvalue weighted by Crippen LogP contribution is 2.30. The van der Waals surface area contributed by atoms with Gasteiger partial charge in [-0.2, -0.15) is 13.2 Å². The zero-order chi connectivity index (χ0) is 17.1. The predicted octanol–water partition coefficient (Wildman–Crippen LogP) is 3.53. The molecule has 0 aliphatic rings. The van der Waals surface area contributed by atoms with Gasteiger partial charge in [-0.25, -0.2) is 13.1 Å². The third-order valence-corrected chi connectivity index (χ3v) is 4.88. The van der Waals surface area contributed by atoms with Crippen LogP contribution in [0.15, 0.2) is 53.4 Å². The Labute approximate surface area is 133 Å². The van der Waals surface area contributed by atoms with Gasteiger partial charge in [0.2, 0.25) is 10.0 Å². The summed E-state index contributed by atoms with van der Waals surface area (Å²) in [6.45, 7) is 2.03. The fourth-order valence-electron chi connectivity index (χ4n) is 2.13. The number of rotatable bonds is 5. The van der Waals surface area contributed by atoms with E-state index in [1.165, 1.54) is 0 Å². The van der Waals surface area contributed by atoms with Crippen molar-refractivity contribution < 1.29 is 21.6 Å². The number of nitrogens with one attached hydrogen (secondary N) is 1. The first-order valence-corrected chi connectivity index (χ1v) is 8.40. The molecule has 3 nitrogen and oxygen atoms in total. The summed E-state index contributed by atoms with van der Waals surface area (Å²) in [6, 6.07) is 11.2. The van der Waals surface area contributed by atoms with Crippen LogP contribution in [-0.2, 0) is 22.6 Å². The lowest BCUT2D eigenvalue weighted by atomic mass is 10.1. The molecule has 0 aliphatic carbocycles. The highest BCUT2D eigenvalue weighted by Gasteiger charge is 2.31. The highest BCUT2D eigenvalue weighted by molar-refractivity contribution is 7.89. The third kappa shape index (κ3) is 4.56. The maximum absolute atomic E-state index is 12.7. The molecule has 0 amide bonds. The van der Waals surface area contributed by atoms with Crippen LogP contribution in [0.4, 0.5) is 13.2 Å². The van der Waals surface area contributed by atoms with Crippen molar-refractivity contribution in [3.8, 4) is 0 Å². The summed E-state index contributed by atoms with van der Waals surface area (Å²) in [5.41, 5.74) is 1.03. The fourth-order valence-corrected chi connectivity index (χ4v) is 3.21. The average molecular weight is 343 g/mol. The van der Waals surface area contributed by atoms with Crippen LogP contribution >= 0.6 is 0 Å². The van der Waals surface area contributed by atoms with Crippen LogP contribution in [0, 0.1) is 6.92 Å². The van der Waals surface area contributed by atoms with Crippen LogP contribution in [0.5, 0.6) is 0 Å². The van der Waals surface area contributed by atoms with Gasteiger partial charge >= 0.3 is 6.18 Å². The molecule has 23 heavy (non-hydrogen) atoms. The van der Waals surface area contributed by atoms with Gasteiger partial charge in [-0.05, 0) is 42.7 Å². The quantitative estimate of drug-likeness (QED) is 0.903. The number of sulfonamides is 1. The monoisotopic (exact) mass is 343 g/mol. The molecule has 2 aromatic rings. The molecule has 2 aromatic carbocycles. The Morgan fingerprint density at radius 2 is 1.74 bits per heavy atom. The van der Waals surface area contributed by atoms with Gasteiger partial charge in [0.05, 0.1) is 10.5 Å². The van der Waals surface area contributed by atoms with E-state index in [0.717, 1.165) is 29.3 Å². The molecule has 124 valence electrons. The minimum atomic E-state index is -4.58. The van der Waals surface area contributed by atoms with Crippen LogP contribution in [0.25, 0.3) is 0 Å². The Kier molecular flexibility index (Phi) is 5.11. The van der Waals surface area contributed by atoms with Crippen LogP contribution in [-0.4, -0.2) is 15.0 Å². The molecule has 0 heterocycles. The van der Waals surface area contributed by atoms with E-state index < -0.39 is 26.7 Å². The number of halogens is 3. The normalized spacial score (nSPS) is 12.3. The minimum absolute atomic E-state index is 0.115. The Hall–Kier alpha value is -1.86. The van der Waals surface area contributed by atoms with E-state index >= 15 is 0 Å². The zero-order valence-electron chi connectivity index (χ0n) is 12.4. The first kappa shape index (κ1) is 17.5. The molecule has 2 rings (SSSR count). The molecule has 0 aromatic heterocycles. The van der Waals surface area contributed by atoms with Gasteiger partial charge in [-0.1, -0.05) is 30.3 Å². The van der Waals surface area contributed by atoms with E-state index in [1.807, 2.05) is 31.2 Å².